The molecule has 0 radical (unpaired) electrons. The standard InChI is InChI=1S/C14H22N4O3/c1-5-15-10(2)11(3)17-12(4)14(20)16-9-7-6-8-13(19)18-21/h5,21H,2,4,6-9H2,1,3H3,(H,16,20)(H,18,19). The van der Waals surface area contributed by atoms with Crippen LogP contribution in [0.25, 0.3) is 0 Å². The topological polar surface area (TPSA) is 103 Å². The minimum atomic E-state index is -0.444. The van der Waals surface area contributed by atoms with Crippen LogP contribution in [0.2, 0.25) is 0 Å². The van der Waals surface area contributed by atoms with Crippen LogP contribution in [0.1, 0.15) is 33.1 Å². The van der Waals surface area contributed by atoms with Crippen LogP contribution in [0.5, 0.6) is 0 Å². The molecule has 0 rings (SSSR count). The summed E-state index contributed by atoms with van der Waals surface area (Å²) >= 11 is 0. The van der Waals surface area contributed by atoms with E-state index in [0.29, 0.717) is 30.8 Å². The average Bonchev–Trinajstić information content (AvgIpc) is 2.46. The summed E-state index contributed by atoms with van der Waals surface area (Å²) in [6.45, 7) is 11.2. The minimum absolute atomic E-state index is 0.0769. The molecule has 7 heteroatoms. The van der Waals surface area contributed by atoms with Crippen LogP contribution in [0.3, 0.4) is 0 Å². The molecule has 0 aliphatic heterocycles. The number of carbonyl (C=O) groups is 2. The van der Waals surface area contributed by atoms with Crippen molar-refractivity contribution in [1.29, 1.82) is 0 Å². The maximum Gasteiger partial charge on any atom is 0.269 e. The van der Waals surface area contributed by atoms with Crippen molar-refractivity contribution in [2.24, 2.45) is 9.98 Å². The summed E-state index contributed by atoms with van der Waals surface area (Å²) < 4.78 is 0. The van der Waals surface area contributed by atoms with Gasteiger partial charge >= 0.3 is 0 Å². The molecule has 7 nitrogen and oxygen atoms in total. The first-order chi connectivity index (χ1) is 9.92. The lowest BCUT2D eigenvalue weighted by Crippen LogP contribution is -2.26. The molecule has 21 heavy (non-hydrogen) atoms. The Morgan fingerprint density at radius 1 is 1.24 bits per heavy atom. The van der Waals surface area contributed by atoms with Crippen LogP contribution < -0.4 is 10.8 Å². The van der Waals surface area contributed by atoms with E-state index in [9.17, 15) is 9.59 Å². The number of aliphatic imine (C=N–C) groups is 2. The van der Waals surface area contributed by atoms with Gasteiger partial charge < -0.3 is 5.32 Å². The highest BCUT2D eigenvalue weighted by Gasteiger charge is 2.06. The van der Waals surface area contributed by atoms with Crippen LogP contribution >= 0.6 is 0 Å². The van der Waals surface area contributed by atoms with E-state index in [1.54, 1.807) is 25.5 Å². The molecule has 0 unspecified atom stereocenters. The van der Waals surface area contributed by atoms with Crippen molar-refractivity contribution in [3.05, 3.63) is 24.6 Å². The number of hydroxylamine groups is 1. The number of carbonyl (C=O) groups excluding carboxylic acids is 2. The lowest BCUT2D eigenvalue weighted by molar-refractivity contribution is -0.129. The Morgan fingerprint density at radius 2 is 1.90 bits per heavy atom. The Kier molecular flexibility index (Phi) is 9.36. The molecule has 0 aromatic rings. The van der Waals surface area contributed by atoms with Gasteiger partial charge in [0, 0.05) is 19.2 Å². The predicted molar refractivity (Wildman–Crippen MR) is 82.3 cm³/mol. The van der Waals surface area contributed by atoms with Crippen molar-refractivity contribution in [1.82, 2.24) is 10.8 Å². The van der Waals surface area contributed by atoms with E-state index < -0.39 is 5.91 Å². The molecule has 0 aromatic carbocycles. The molecule has 116 valence electrons. The number of hydrogen-bond donors (Lipinski definition) is 3. The monoisotopic (exact) mass is 294 g/mol. The lowest BCUT2D eigenvalue weighted by Gasteiger charge is -2.05. The largest absolute Gasteiger partial charge is 0.351 e. The molecule has 0 fully saturated rings. The van der Waals surface area contributed by atoms with Gasteiger partial charge in [-0.25, -0.2) is 10.5 Å². The minimum Gasteiger partial charge on any atom is -0.351 e. The summed E-state index contributed by atoms with van der Waals surface area (Å²) in [7, 11) is 0. The number of nitrogens with one attached hydrogen (secondary N) is 2. The number of hydrogen-bond acceptors (Lipinski definition) is 5. The van der Waals surface area contributed by atoms with Gasteiger partial charge in [-0.3, -0.25) is 19.8 Å². The van der Waals surface area contributed by atoms with E-state index in [1.165, 1.54) is 0 Å². The summed E-state index contributed by atoms with van der Waals surface area (Å²) in [5, 5.41) is 10.9. The van der Waals surface area contributed by atoms with E-state index in [1.807, 2.05) is 0 Å². The van der Waals surface area contributed by atoms with Gasteiger partial charge in [-0.15, -0.1) is 0 Å². The maximum absolute atomic E-state index is 11.7. The third kappa shape index (κ3) is 8.48. The highest BCUT2D eigenvalue weighted by atomic mass is 16.5. The first kappa shape index (κ1) is 18.7. The van der Waals surface area contributed by atoms with E-state index in [-0.39, 0.29) is 18.0 Å². The fourth-order valence-electron chi connectivity index (χ4n) is 1.34. The Balaban J connectivity index is 4.12. The summed E-state index contributed by atoms with van der Waals surface area (Å²) in [6.07, 6.45) is 2.97. The third-order valence-corrected chi connectivity index (χ3v) is 2.51. The van der Waals surface area contributed by atoms with Crippen LogP contribution in [-0.2, 0) is 9.59 Å². The zero-order chi connectivity index (χ0) is 16.3. The first-order valence-corrected chi connectivity index (χ1v) is 6.55. The maximum atomic E-state index is 11.7. The van der Waals surface area contributed by atoms with Crippen molar-refractivity contribution < 1.29 is 14.8 Å². The van der Waals surface area contributed by atoms with Crippen LogP contribution in [-0.4, -0.2) is 35.5 Å². The van der Waals surface area contributed by atoms with Gasteiger partial charge in [0.25, 0.3) is 5.91 Å². The SMILES string of the molecule is C=C(N=C(C)C(=C)N=CC)C(=O)NCCCCC(=O)NO. The smallest absolute Gasteiger partial charge is 0.269 e. The quantitative estimate of drug-likeness (QED) is 0.197. The molecule has 0 heterocycles. The summed E-state index contributed by atoms with van der Waals surface area (Å²) in [5.74, 6) is -0.824. The molecular formula is C14H22N4O3. The van der Waals surface area contributed by atoms with E-state index >= 15 is 0 Å². The number of nitrogens with zero attached hydrogens (tertiary/aromatic N) is 2. The van der Waals surface area contributed by atoms with E-state index in [4.69, 9.17) is 5.21 Å². The molecule has 0 atom stereocenters. The fourth-order valence-corrected chi connectivity index (χ4v) is 1.34. The zero-order valence-corrected chi connectivity index (χ0v) is 12.5. The molecule has 0 spiro atoms. The van der Waals surface area contributed by atoms with Gasteiger partial charge in [0.1, 0.15) is 5.70 Å². The van der Waals surface area contributed by atoms with Crippen LogP contribution in [0.15, 0.2) is 34.5 Å². The fraction of sp³-hybridized carbons (Fsp3) is 0.429. The molecule has 0 bridgehead atoms. The highest BCUT2D eigenvalue weighted by Crippen LogP contribution is 2.02. The second kappa shape index (κ2) is 10.5. The number of allylic oxidation sites excluding steroid dienone is 1. The second-order valence-electron chi connectivity index (χ2n) is 4.23. The number of amides is 2. The Morgan fingerprint density at radius 3 is 2.48 bits per heavy atom. The van der Waals surface area contributed by atoms with Gasteiger partial charge in [-0.05, 0) is 26.7 Å². The Labute approximate surface area is 124 Å². The molecule has 3 N–H and O–H groups in total. The van der Waals surface area contributed by atoms with Crippen molar-refractivity contribution >= 4 is 23.7 Å². The molecular weight excluding hydrogens is 272 g/mol. The molecule has 0 saturated carbocycles. The number of unbranched alkanes of at least 4 members (excludes halogenated alkanes) is 1. The molecule has 0 saturated heterocycles. The van der Waals surface area contributed by atoms with Gasteiger partial charge in [-0.1, -0.05) is 13.2 Å². The third-order valence-electron chi connectivity index (χ3n) is 2.51. The Hall–Kier alpha value is -2.28. The van der Waals surface area contributed by atoms with Crippen molar-refractivity contribution in [3.8, 4) is 0 Å². The average molecular weight is 294 g/mol. The molecule has 0 aliphatic carbocycles. The first-order valence-electron chi connectivity index (χ1n) is 6.55. The van der Waals surface area contributed by atoms with Gasteiger partial charge in [0.2, 0.25) is 5.91 Å². The van der Waals surface area contributed by atoms with Gasteiger partial charge in [0.05, 0.1) is 11.4 Å². The number of rotatable bonds is 9. The molecule has 0 aliphatic rings. The van der Waals surface area contributed by atoms with E-state index in [2.05, 4.69) is 28.5 Å². The van der Waals surface area contributed by atoms with Crippen molar-refractivity contribution in [2.75, 3.05) is 6.54 Å². The summed E-state index contributed by atoms with van der Waals surface area (Å²) in [6, 6.07) is 0. The normalized spacial score (nSPS) is 11.3. The van der Waals surface area contributed by atoms with Crippen LogP contribution in [0.4, 0.5) is 0 Å². The van der Waals surface area contributed by atoms with Gasteiger partial charge in [-0.2, -0.15) is 0 Å². The molecule has 0 aromatic heterocycles. The summed E-state index contributed by atoms with van der Waals surface area (Å²) in [4.78, 5) is 30.5. The predicted octanol–water partition coefficient (Wildman–Crippen LogP) is 1.36. The lowest BCUT2D eigenvalue weighted by atomic mass is 10.2. The highest BCUT2D eigenvalue weighted by molar-refractivity contribution is 6.03. The molecule has 2 amide bonds. The second-order valence-corrected chi connectivity index (χ2v) is 4.23. The Bertz CT molecular complexity index is 467. The zero-order valence-electron chi connectivity index (χ0n) is 12.5. The van der Waals surface area contributed by atoms with Crippen molar-refractivity contribution in [3.63, 3.8) is 0 Å². The van der Waals surface area contributed by atoms with E-state index in [0.717, 1.165) is 0 Å². The summed E-state index contributed by atoms with van der Waals surface area (Å²) in [5.41, 5.74) is 2.62. The van der Waals surface area contributed by atoms with Crippen molar-refractivity contribution in [2.45, 2.75) is 33.1 Å². The van der Waals surface area contributed by atoms with Gasteiger partial charge in [0.15, 0.2) is 0 Å². The van der Waals surface area contributed by atoms with Crippen LogP contribution in [0, 0.1) is 0 Å².